The number of H-pyrrole nitrogens is 2. The number of rotatable bonds is 0. The second-order valence-electron chi connectivity index (χ2n) is 9.79. The van der Waals surface area contributed by atoms with Crippen molar-refractivity contribution in [2.45, 2.75) is 0 Å². The van der Waals surface area contributed by atoms with E-state index in [0.717, 1.165) is 43.8 Å². The minimum atomic E-state index is 0. The Kier molecular flexibility index (Phi) is 4.97. The summed E-state index contributed by atoms with van der Waals surface area (Å²) in [6, 6.07) is 32.2. The third kappa shape index (κ3) is 3.46. The Morgan fingerprint density at radius 3 is 0.829 bits per heavy atom. The summed E-state index contributed by atoms with van der Waals surface area (Å²) in [6.07, 6.45) is 0. The van der Waals surface area contributed by atoms with Crippen molar-refractivity contribution in [1.29, 1.82) is 0 Å². The van der Waals surface area contributed by atoms with E-state index in [1.807, 2.05) is 97.1 Å². The van der Waals surface area contributed by atoms with Crippen molar-refractivity contribution in [1.82, 2.24) is 39.9 Å². The van der Waals surface area contributed by atoms with Gasteiger partial charge in [-0.15, -0.1) is 0 Å². The van der Waals surface area contributed by atoms with Gasteiger partial charge in [-0.1, -0.05) is 97.1 Å². The smallest absolute Gasteiger partial charge is 0.164 e. The number of aromatic amines is 2. The summed E-state index contributed by atoms with van der Waals surface area (Å²) in [7, 11) is 0. The zero-order valence-electron chi connectivity index (χ0n) is 20.9. The van der Waals surface area contributed by atoms with Gasteiger partial charge >= 0.3 is 0 Å². The number of benzene rings is 4. The van der Waals surface area contributed by atoms with Crippen molar-refractivity contribution >= 4 is 55.1 Å². The van der Waals surface area contributed by atoms with Gasteiger partial charge in [-0.25, -0.2) is 29.9 Å². The third-order valence-corrected chi connectivity index (χ3v) is 7.46. The zero-order chi connectivity index (χ0) is 26.2. The molecule has 5 heterocycles. The lowest BCUT2D eigenvalue weighted by Crippen LogP contribution is -1.82. The molecule has 2 aliphatic heterocycles. The summed E-state index contributed by atoms with van der Waals surface area (Å²) in [4.78, 5) is 36.8. The maximum absolute atomic E-state index is 5.02. The molecule has 0 aliphatic carbocycles. The molecule has 0 spiro atoms. The molecule has 41 heavy (non-hydrogen) atoms. The van der Waals surface area contributed by atoms with E-state index in [2.05, 4.69) is 9.97 Å². The lowest BCUT2D eigenvalue weighted by atomic mass is 10.1. The molecule has 8 nitrogen and oxygen atoms in total. The van der Waals surface area contributed by atoms with Crippen LogP contribution in [-0.4, -0.2) is 50.8 Å². The van der Waals surface area contributed by atoms with E-state index in [0.29, 0.717) is 45.9 Å². The van der Waals surface area contributed by atoms with Crippen LogP contribution >= 0.6 is 0 Å². The first-order chi connectivity index (χ1) is 19.8. The second kappa shape index (κ2) is 8.73. The van der Waals surface area contributed by atoms with E-state index in [-0.39, 0.29) is 11.0 Å². The Hall–Kier alpha value is -5.54. The highest BCUT2D eigenvalue weighted by Gasteiger charge is 2.21. The van der Waals surface area contributed by atoms with Gasteiger partial charge in [-0.05, 0) is 11.0 Å². The van der Waals surface area contributed by atoms with E-state index in [4.69, 9.17) is 29.9 Å². The van der Waals surface area contributed by atoms with Gasteiger partial charge in [0, 0.05) is 43.8 Å². The fourth-order valence-electron chi connectivity index (χ4n) is 5.59. The van der Waals surface area contributed by atoms with Gasteiger partial charge < -0.3 is 9.97 Å². The Morgan fingerprint density at radius 1 is 0.317 bits per heavy atom. The van der Waals surface area contributed by atoms with Crippen LogP contribution in [0.3, 0.4) is 0 Å². The summed E-state index contributed by atoms with van der Waals surface area (Å²) in [5.74, 6) is 2.39. The summed E-state index contributed by atoms with van der Waals surface area (Å²) in [6.45, 7) is 0. The molecule has 0 saturated heterocycles. The Labute approximate surface area is 237 Å². The van der Waals surface area contributed by atoms with Gasteiger partial charge in [0.2, 0.25) is 0 Å². The number of nitrogens with one attached hydrogen (secondary N) is 2. The predicted octanol–water partition coefficient (Wildman–Crippen LogP) is 5.42. The standard InChI is InChI=1S/C32H18N8.H4Si/c1-2-10-18-17(9-1)25-33-26(18)38-28-21-13-5-6-14-22(21)30(35-28)40-32-24-16-8-7-15-23(24)31(36-32)39-29-20-12-4-3-11-19(20)27(34-29)37-25;/h1-16H,(H2,33,34,35,36,37,38,39,40);1H4. The van der Waals surface area contributed by atoms with Gasteiger partial charge in [-0.3, -0.25) is 0 Å². The molecule has 9 heteroatoms. The van der Waals surface area contributed by atoms with Crippen LogP contribution in [0.25, 0.3) is 89.7 Å². The van der Waals surface area contributed by atoms with E-state index >= 15 is 0 Å². The fraction of sp³-hybridized carbons (Fsp3) is 0. The first-order valence-electron chi connectivity index (χ1n) is 13.0. The summed E-state index contributed by atoms with van der Waals surface area (Å²) < 4.78 is 0. The highest BCUT2D eigenvalue weighted by Crippen LogP contribution is 2.36. The van der Waals surface area contributed by atoms with Crippen molar-refractivity contribution in [3.8, 4) is 45.6 Å². The van der Waals surface area contributed by atoms with E-state index < -0.39 is 0 Å². The zero-order valence-corrected chi connectivity index (χ0v) is 20.9. The van der Waals surface area contributed by atoms with Crippen LogP contribution in [0.15, 0.2) is 97.1 Å². The molecule has 0 radical (unpaired) electrons. The molecule has 4 aromatic carbocycles. The van der Waals surface area contributed by atoms with Crippen molar-refractivity contribution in [2.75, 3.05) is 0 Å². The number of fused-ring (bicyclic) bond motifs is 20. The monoisotopic (exact) mass is 546 g/mol. The highest BCUT2D eigenvalue weighted by molar-refractivity contribution is 6.06. The van der Waals surface area contributed by atoms with Crippen LogP contribution in [0.2, 0.25) is 0 Å². The van der Waals surface area contributed by atoms with Crippen LogP contribution in [-0.2, 0) is 0 Å². The third-order valence-electron chi connectivity index (χ3n) is 7.46. The molecular weight excluding hydrogens is 524 g/mol. The first kappa shape index (κ1) is 23.4. The summed E-state index contributed by atoms with van der Waals surface area (Å²) in [5.41, 5.74) is 6.45. The van der Waals surface area contributed by atoms with Crippen molar-refractivity contribution < 1.29 is 0 Å². The number of nitrogens with zero attached hydrogens (tertiary/aromatic N) is 6. The molecule has 9 rings (SSSR count). The molecular formula is C32H22N8Si. The molecule has 0 unspecified atom stereocenters. The van der Waals surface area contributed by atoms with Gasteiger partial charge in [0.1, 0.15) is 22.6 Å². The van der Waals surface area contributed by atoms with E-state index in [1.54, 1.807) is 0 Å². The first-order valence-corrected chi connectivity index (χ1v) is 13.0. The molecule has 0 saturated carbocycles. The maximum Gasteiger partial charge on any atom is 0.164 e. The maximum atomic E-state index is 5.02. The normalized spacial score (nSPS) is 11.7. The van der Waals surface area contributed by atoms with Crippen LogP contribution < -0.4 is 0 Å². The van der Waals surface area contributed by atoms with Crippen molar-refractivity contribution in [2.24, 2.45) is 0 Å². The second-order valence-corrected chi connectivity index (χ2v) is 9.79. The van der Waals surface area contributed by atoms with Crippen molar-refractivity contribution in [3.63, 3.8) is 0 Å². The topological polar surface area (TPSA) is 109 Å². The molecule has 7 aromatic rings. The largest absolute Gasteiger partial charge is 0.324 e. The lowest BCUT2D eigenvalue weighted by Gasteiger charge is -1.96. The van der Waals surface area contributed by atoms with Crippen LogP contribution in [0.4, 0.5) is 0 Å². The quantitative estimate of drug-likeness (QED) is 0.246. The minimum Gasteiger partial charge on any atom is -0.324 e. The van der Waals surface area contributed by atoms with Crippen LogP contribution in [0.5, 0.6) is 0 Å². The van der Waals surface area contributed by atoms with Crippen LogP contribution in [0, 0.1) is 0 Å². The number of hydrogen-bond acceptors (Lipinski definition) is 6. The average molecular weight is 547 g/mol. The van der Waals surface area contributed by atoms with Gasteiger partial charge in [0.25, 0.3) is 0 Å². The van der Waals surface area contributed by atoms with Crippen LogP contribution in [0.1, 0.15) is 0 Å². The number of aromatic nitrogens is 8. The van der Waals surface area contributed by atoms with Gasteiger partial charge in [0.05, 0.1) is 0 Å². The van der Waals surface area contributed by atoms with E-state index in [9.17, 15) is 0 Å². The van der Waals surface area contributed by atoms with Crippen molar-refractivity contribution in [3.05, 3.63) is 97.1 Å². The Morgan fingerprint density at radius 2 is 0.561 bits per heavy atom. The molecule has 0 atom stereocenters. The Bertz CT molecular complexity index is 2030. The predicted molar refractivity (Wildman–Crippen MR) is 167 cm³/mol. The van der Waals surface area contributed by atoms with Gasteiger partial charge in [0.15, 0.2) is 23.3 Å². The molecule has 0 amide bonds. The average Bonchev–Trinajstić information content (AvgIpc) is 3.73. The molecule has 194 valence electrons. The molecule has 0 fully saturated rings. The lowest BCUT2D eigenvalue weighted by molar-refractivity contribution is 1.19. The SMILES string of the molecule is [SiH4].c1ccc2c(c1)-c1nc-2nc2[nH]c(nc3nc(nc4[nH]c(n1)c1ccccc41)-c1ccccc1-3)c1ccccc21. The molecule has 2 aliphatic rings. The number of hydrogen-bond donors (Lipinski definition) is 2. The fourth-order valence-corrected chi connectivity index (χ4v) is 5.59. The minimum absolute atomic E-state index is 0. The van der Waals surface area contributed by atoms with Gasteiger partial charge in [-0.2, -0.15) is 0 Å². The highest BCUT2D eigenvalue weighted by atomic mass is 28.1. The summed E-state index contributed by atoms with van der Waals surface area (Å²) in [5, 5.41) is 3.82. The van der Waals surface area contributed by atoms with E-state index in [1.165, 1.54) is 0 Å². The molecule has 3 aromatic heterocycles. The molecule has 8 bridgehead atoms. The molecule has 2 N–H and O–H groups in total. The Balaban J connectivity index is 0.00000256. The summed E-state index contributed by atoms with van der Waals surface area (Å²) >= 11 is 0.